The number of pyridine rings is 1. The molecular weight excluding hydrogens is 609 g/mol. The molecule has 0 radical (unpaired) electrons. The number of hydrogen-bond acceptors (Lipinski definition) is 7. The van der Waals surface area contributed by atoms with Crippen LogP contribution >= 0.6 is 0 Å². The zero-order chi connectivity index (χ0) is 33.9. The van der Waals surface area contributed by atoms with Crippen LogP contribution in [0.25, 0.3) is 27.8 Å². The van der Waals surface area contributed by atoms with Gasteiger partial charge in [-0.25, -0.2) is 18.7 Å². The van der Waals surface area contributed by atoms with Gasteiger partial charge in [0.05, 0.1) is 23.3 Å². The van der Waals surface area contributed by atoms with E-state index in [4.69, 9.17) is 5.73 Å². The van der Waals surface area contributed by atoms with Gasteiger partial charge in [0.25, 0.3) is 5.56 Å². The summed E-state index contributed by atoms with van der Waals surface area (Å²) in [4.78, 5) is 49.6. The average Bonchev–Trinajstić information content (AvgIpc) is 3.29. The van der Waals surface area contributed by atoms with Crippen molar-refractivity contribution >= 4 is 16.9 Å². The molecule has 2 fully saturated rings. The summed E-state index contributed by atoms with van der Waals surface area (Å²) in [7, 11) is 2.17. The summed E-state index contributed by atoms with van der Waals surface area (Å²) in [5.41, 5.74) is 8.76. The minimum absolute atomic E-state index is 0.0136. The van der Waals surface area contributed by atoms with Gasteiger partial charge in [0.2, 0.25) is 5.91 Å². The molecule has 2 aliphatic rings. The maximum absolute atomic E-state index is 14.5. The number of fused-ring (bicyclic) bond motifs is 1. The van der Waals surface area contributed by atoms with Gasteiger partial charge in [0.1, 0.15) is 5.82 Å². The molecule has 0 spiro atoms. The van der Waals surface area contributed by atoms with Gasteiger partial charge in [0, 0.05) is 31.7 Å². The van der Waals surface area contributed by atoms with Gasteiger partial charge in [-0.15, -0.1) is 0 Å². The zero-order valence-corrected chi connectivity index (χ0v) is 28.1. The SMILES string of the molecule is CC(C)[C@H](N)C(=O)NC1CCC(n2c(=O)c3cc(F)cnc3n(-c3cccc(-c4ccc(CN5CCCN(C)CC5)cc4)c3)c2=O)CC1. The van der Waals surface area contributed by atoms with Gasteiger partial charge in [0.15, 0.2) is 5.65 Å². The Morgan fingerprint density at radius 3 is 2.46 bits per heavy atom. The number of hydrogen-bond donors (Lipinski definition) is 2. The van der Waals surface area contributed by atoms with Crippen molar-refractivity contribution in [3.05, 3.63) is 93.0 Å². The van der Waals surface area contributed by atoms with Gasteiger partial charge in [-0.05, 0) is 93.0 Å². The molecule has 10 nitrogen and oxygen atoms in total. The number of carbonyl (C=O) groups is 1. The topological polar surface area (TPSA) is 118 Å². The van der Waals surface area contributed by atoms with E-state index in [1.807, 2.05) is 32.0 Å². The molecule has 2 aromatic heterocycles. The predicted molar refractivity (Wildman–Crippen MR) is 187 cm³/mol. The maximum atomic E-state index is 14.5. The fourth-order valence-corrected chi connectivity index (χ4v) is 6.96. The van der Waals surface area contributed by atoms with Crippen molar-refractivity contribution in [1.82, 2.24) is 29.2 Å². The van der Waals surface area contributed by atoms with Crippen LogP contribution in [0.15, 0.2) is 70.4 Å². The van der Waals surface area contributed by atoms with Crippen molar-refractivity contribution in [3.8, 4) is 16.8 Å². The minimum Gasteiger partial charge on any atom is -0.352 e. The Kier molecular flexibility index (Phi) is 10.2. The van der Waals surface area contributed by atoms with Gasteiger partial charge >= 0.3 is 5.69 Å². The molecule has 11 heteroatoms. The van der Waals surface area contributed by atoms with Crippen LogP contribution in [-0.4, -0.2) is 75.1 Å². The molecule has 1 atom stereocenters. The summed E-state index contributed by atoms with van der Waals surface area (Å²) >= 11 is 0. The highest BCUT2D eigenvalue weighted by Gasteiger charge is 2.29. The molecule has 1 aliphatic carbocycles. The van der Waals surface area contributed by atoms with Crippen LogP contribution in [-0.2, 0) is 11.3 Å². The number of aromatic nitrogens is 3. The standard InChI is InChI=1S/C37H46FN7O3/c1-24(2)33(39)35(46)41-29-12-14-30(15-13-29)45-36(47)32-21-28(38)22-40-34(32)44(37(45)48)31-7-4-6-27(20-31)26-10-8-25(9-11-26)23-43-17-5-16-42(3)18-19-43/h4,6-11,20-22,24,29-30,33H,5,12-19,23,39H2,1-3H3,(H,41,46)/t29?,30?,33-/m0/s1. The Morgan fingerprint density at radius 1 is 0.979 bits per heavy atom. The minimum atomic E-state index is -0.648. The Hall–Kier alpha value is -4.19. The van der Waals surface area contributed by atoms with E-state index >= 15 is 0 Å². The van der Waals surface area contributed by atoms with E-state index in [0.29, 0.717) is 31.4 Å². The first-order valence-corrected chi connectivity index (χ1v) is 17.1. The van der Waals surface area contributed by atoms with Crippen LogP contribution in [0, 0.1) is 11.7 Å². The van der Waals surface area contributed by atoms with Crippen LogP contribution in [0.2, 0.25) is 0 Å². The lowest BCUT2D eigenvalue weighted by Gasteiger charge is -2.31. The first-order chi connectivity index (χ1) is 23.1. The Morgan fingerprint density at radius 2 is 1.73 bits per heavy atom. The third-order valence-corrected chi connectivity index (χ3v) is 9.93. The number of rotatable bonds is 8. The molecule has 4 aromatic rings. The van der Waals surface area contributed by atoms with Crippen LogP contribution < -0.4 is 22.3 Å². The lowest BCUT2D eigenvalue weighted by atomic mass is 9.90. The Bertz CT molecular complexity index is 1880. The highest BCUT2D eigenvalue weighted by atomic mass is 19.1. The molecule has 0 bridgehead atoms. The quantitative estimate of drug-likeness (QED) is 0.294. The average molecular weight is 656 g/mol. The molecule has 0 unspecified atom stereocenters. The van der Waals surface area contributed by atoms with Crippen LogP contribution in [0.4, 0.5) is 4.39 Å². The summed E-state index contributed by atoms with van der Waals surface area (Å²) in [6.07, 6.45) is 4.39. The molecule has 6 rings (SSSR count). The fourth-order valence-electron chi connectivity index (χ4n) is 6.96. The van der Waals surface area contributed by atoms with E-state index in [-0.39, 0.29) is 28.9 Å². The Balaban J connectivity index is 1.28. The smallest absolute Gasteiger partial charge is 0.337 e. The molecule has 1 amide bonds. The van der Waals surface area contributed by atoms with Crippen molar-refractivity contribution in [2.45, 2.75) is 70.6 Å². The van der Waals surface area contributed by atoms with Crippen LogP contribution in [0.1, 0.15) is 57.6 Å². The van der Waals surface area contributed by atoms with Gasteiger partial charge < -0.3 is 16.0 Å². The number of nitrogens with two attached hydrogens (primary N) is 1. The molecule has 1 aliphatic heterocycles. The van der Waals surface area contributed by atoms with Crippen LogP contribution in [0.5, 0.6) is 0 Å². The maximum Gasteiger partial charge on any atom is 0.337 e. The summed E-state index contributed by atoms with van der Waals surface area (Å²) < 4.78 is 17.1. The number of nitrogens with zero attached hydrogens (tertiary/aromatic N) is 5. The van der Waals surface area contributed by atoms with Gasteiger partial charge in [-0.1, -0.05) is 50.2 Å². The van der Waals surface area contributed by atoms with Gasteiger partial charge in [-0.2, -0.15) is 0 Å². The number of nitrogens with one attached hydrogen (secondary N) is 1. The third kappa shape index (κ3) is 7.28. The van der Waals surface area contributed by atoms with Crippen molar-refractivity contribution in [2.75, 3.05) is 33.2 Å². The monoisotopic (exact) mass is 655 g/mol. The highest BCUT2D eigenvalue weighted by Crippen LogP contribution is 2.28. The van der Waals surface area contributed by atoms with E-state index in [1.165, 1.54) is 14.7 Å². The molecular formula is C37H46FN7O3. The lowest BCUT2D eigenvalue weighted by molar-refractivity contribution is -0.124. The molecule has 2 aromatic carbocycles. The van der Waals surface area contributed by atoms with Crippen molar-refractivity contribution in [1.29, 1.82) is 0 Å². The Labute approximate surface area is 280 Å². The molecule has 1 saturated carbocycles. The van der Waals surface area contributed by atoms with E-state index < -0.39 is 29.1 Å². The number of halogens is 1. The van der Waals surface area contributed by atoms with E-state index in [2.05, 4.69) is 51.4 Å². The van der Waals surface area contributed by atoms with E-state index in [9.17, 15) is 18.8 Å². The second-order valence-corrected chi connectivity index (χ2v) is 13.8. The summed E-state index contributed by atoms with van der Waals surface area (Å²) in [6, 6.07) is 16.1. The second kappa shape index (κ2) is 14.5. The first kappa shape index (κ1) is 33.7. The van der Waals surface area contributed by atoms with Crippen molar-refractivity contribution in [2.24, 2.45) is 11.7 Å². The number of benzene rings is 2. The van der Waals surface area contributed by atoms with Crippen molar-refractivity contribution in [3.63, 3.8) is 0 Å². The second-order valence-electron chi connectivity index (χ2n) is 13.8. The van der Waals surface area contributed by atoms with E-state index in [1.54, 1.807) is 6.07 Å². The van der Waals surface area contributed by atoms with Crippen molar-refractivity contribution < 1.29 is 9.18 Å². The largest absolute Gasteiger partial charge is 0.352 e. The van der Waals surface area contributed by atoms with E-state index in [0.717, 1.165) is 62.5 Å². The predicted octanol–water partition coefficient (Wildman–Crippen LogP) is 4.07. The zero-order valence-electron chi connectivity index (χ0n) is 28.1. The number of carbonyl (C=O) groups excluding carboxylic acids is 1. The number of amides is 1. The van der Waals surface area contributed by atoms with Crippen LogP contribution in [0.3, 0.4) is 0 Å². The molecule has 1 saturated heterocycles. The summed E-state index contributed by atoms with van der Waals surface area (Å²) in [5, 5.41) is 3.07. The number of likely N-dealkylation sites (N-methyl/N-ethyl adjacent to an activating group) is 1. The lowest BCUT2D eigenvalue weighted by Crippen LogP contribution is -2.49. The molecule has 254 valence electrons. The third-order valence-electron chi connectivity index (χ3n) is 9.93. The highest BCUT2D eigenvalue weighted by molar-refractivity contribution is 5.82. The summed E-state index contributed by atoms with van der Waals surface area (Å²) in [5.74, 6) is -0.829. The molecule has 3 heterocycles. The summed E-state index contributed by atoms with van der Waals surface area (Å²) in [6.45, 7) is 9.04. The molecule has 48 heavy (non-hydrogen) atoms. The molecule has 3 N–H and O–H groups in total. The normalized spacial score (nSPS) is 20.1. The van der Waals surface area contributed by atoms with Gasteiger partial charge in [-0.3, -0.25) is 19.1 Å². The first-order valence-electron chi connectivity index (χ1n) is 17.1. The fraction of sp³-hybridized carbons (Fsp3) is 0.459.